The molecule has 0 atom stereocenters. The van der Waals surface area contributed by atoms with Crippen molar-refractivity contribution in [3.05, 3.63) is 36.7 Å². The smallest absolute Gasteiger partial charge is 0.354 e. The Bertz CT molecular complexity index is 486. The van der Waals surface area contributed by atoms with Crippen molar-refractivity contribution in [3.63, 3.8) is 0 Å². The molecule has 6 nitrogen and oxygen atoms in total. The lowest BCUT2D eigenvalue weighted by atomic mass is 10.3. The third-order valence-corrected chi connectivity index (χ3v) is 1.69. The first-order valence-electron chi connectivity index (χ1n) is 4.09. The van der Waals surface area contributed by atoms with Gasteiger partial charge in [0.25, 0.3) is 0 Å². The van der Waals surface area contributed by atoms with Gasteiger partial charge < -0.3 is 5.11 Å². The van der Waals surface area contributed by atoms with Gasteiger partial charge in [0, 0.05) is 18.6 Å². The zero-order chi connectivity index (χ0) is 10.7. The standard InChI is InChI=1S/C9H6N4O2/c14-9(15)7-1-2-12-8(13-7)6-3-10-5-11-4-6/h1-5H,(H,14,15). The molecule has 2 heterocycles. The number of aromatic carboxylic acids is 1. The van der Waals surface area contributed by atoms with Gasteiger partial charge in [0.15, 0.2) is 11.5 Å². The van der Waals surface area contributed by atoms with Crippen LogP contribution >= 0.6 is 0 Å². The molecule has 2 aromatic heterocycles. The molecule has 2 aromatic rings. The third kappa shape index (κ3) is 1.93. The van der Waals surface area contributed by atoms with E-state index in [4.69, 9.17) is 5.11 Å². The summed E-state index contributed by atoms with van der Waals surface area (Å²) in [5.41, 5.74) is 0.532. The van der Waals surface area contributed by atoms with E-state index >= 15 is 0 Å². The number of hydrogen-bond acceptors (Lipinski definition) is 5. The lowest BCUT2D eigenvalue weighted by Crippen LogP contribution is -2.02. The van der Waals surface area contributed by atoms with Crippen LogP contribution in [0.4, 0.5) is 0 Å². The highest BCUT2D eigenvalue weighted by Crippen LogP contribution is 2.10. The summed E-state index contributed by atoms with van der Waals surface area (Å²) in [5, 5.41) is 8.73. The molecule has 0 fully saturated rings. The van der Waals surface area contributed by atoms with E-state index in [0.29, 0.717) is 11.4 Å². The van der Waals surface area contributed by atoms with Crippen LogP contribution in [-0.2, 0) is 0 Å². The second-order valence-electron chi connectivity index (χ2n) is 2.70. The molecule has 0 aliphatic heterocycles. The van der Waals surface area contributed by atoms with Crippen LogP contribution in [0.5, 0.6) is 0 Å². The highest BCUT2D eigenvalue weighted by Gasteiger charge is 2.07. The maximum atomic E-state index is 10.7. The lowest BCUT2D eigenvalue weighted by Gasteiger charge is -1.98. The van der Waals surface area contributed by atoms with E-state index in [1.54, 1.807) is 0 Å². The fourth-order valence-electron chi connectivity index (χ4n) is 1.03. The molecular weight excluding hydrogens is 196 g/mol. The monoisotopic (exact) mass is 202 g/mol. The summed E-state index contributed by atoms with van der Waals surface area (Å²) >= 11 is 0. The largest absolute Gasteiger partial charge is 0.477 e. The fraction of sp³-hybridized carbons (Fsp3) is 0. The van der Waals surface area contributed by atoms with Gasteiger partial charge in [0.05, 0.1) is 5.56 Å². The summed E-state index contributed by atoms with van der Waals surface area (Å²) < 4.78 is 0. The first-order valence-corrected chi connectivity index (χ1v) is 4.09. The molecule has 0 radical (unpaired) electrons. The molecule has 0 saturated heterocycles. The Balaban J connectivity index is 2.46. The molecular formula is C9H6N4O2. The van der Waals surface area contributed by atoms with Gasteiger partial charge in [0.1, 0.15) is 6.33 Å². The fourth-order valence-corrected chi connectivity index (χ4v) is 1.03. The normalized spacial score (nSPS) is 9.87. The molecule has 0 bridgehead atoms. The molecule has 6 heteroatoms. The Morgan fingerprint density at radius 1 is 1.27 bits per heavy atom. The maximum absolute atomic E-state index is 10.7. The number of carboxylic acids is 1. The number of nitrogens with zero attached hydrogens (tertiary/aromatic N) is 4. The van der Waals surface area contributed by atoms with Crippen molar-refractivity contribution in [1.29, 1.82) is 0 Å². The Labute approximate surface area is 84.7 Å². The van der Waals surface area contributed by atoms with Gasteiger partial charge in [-0.15, -0.1) is 0 Å². The van der Waals surface area contributed by atoms with Gasteiger partial charge in [-0.2, -0.15) is 0 Å². The summed E-state index contributed by atoms with van der Waals surface area (Å²) in [5.74, 6) is -0.786. The molecule has 0 aliphatic carbocycles. The summed E-state index contributed by atoms with van der Waals surface area (Å²) in [6.45, 7) is 0. The van der Waals surface area contributed by atoms with E-state index in [2.05, 4.69) is 19.9 Å². The van der Waals surface area contributed by atoms with E-state index in [1.165, 1.54) is 31.0 Å². The van der Waals surface area contributed by atoms with Gasteiger partial charge in [-0.1, -0.05) is 0 Å². The first kappa shape index (κ1) is 9.20. The molecule has 15 heavy (non-hydrogen) atoms. The van der Waals surface area contributed by atoms with E-state index in [-0.39, 0.29) is 5.69 Å². The molecule has 0 aromatic carbocycles. The molecule has 0 amide bonds. The van der Waals surface area contributed by atoms with Gasteiger partial charge in [-0.3, -0.25) is 0 Å². The van der Waals surface area contributed by atoms with Crippen molar-refractivity contribution in [2.45, 2.75) is 0 Å². The van der Waals surface area contributed by atoms with Crippen LogP contribution in [0.15, 0.2) is 31.0 Å². The van der Waals surface area contributed by atoms with Crippen molar-refractivity contribution in [1.82, 2.24) is 19.9 Å². The van der Waals surface area contributed by atoms with Crippen LogP contribution in [0.2, 0.25) is 0 Å². The van der Waals surface area contributed by atoms with Crippen LogP contribution in [0.1, 0.15) is 10.5 Å². The lowest BCUT2D eigenvalue weighted by molar-refractivity contribution is 0.0690. The summed E-state index contributed by atoms with van der Waals surface area (Å²) in [7, 11) is 0. The second-order valence-corrected chi connectivity index (χ2v) is 2.70. The molecule has 74 valence electrons. The van der Waals surface area contributed by atoms with Crippen molar-refractivity contribution < 1.29 is 9.90 Å². The predicted octanol–water partition coefficient (Wildman–Crippen LogP) is 0.632. The van der Waals surface area contributed by atoms with E-state index in [9.17, 15) is 4.79 Å². The first-order chi connectivity index (χ1) is 7.27. The number of hydrogen-bond donors (Lipinski definition) is 1. The second kappa shape index (κ2) is 3.79. The molecule has 0 unspecified atom stereocenters. The summed E-state index contributed by atoms with van der Waals surface area (Å²) in [6, 6.07) is 1.33. The Morgan fingerprint density at radius 2 is 2.00 bits per heavy atom. The average molecular weight is 202 g/mol. The average Bonchev–Trinajstić information content (AvgIpc) is 2.30. The van der Waals surface area contributed by atoms with Crippen LogP contribution < -0.4 is 0 Å². The predicted molar refractivity (Wildman–Crippen MR) is 50.0 cm³/mol. The van der Waals surface area contributed by atoms with Crippen molar-refractivity contribution in [2.75, 3.05) is 0 Å². The van der Waals surface area contributed by atoms with Gasteiger partial charge in [-0.05, 0) is 6.07 Å². The molecule has 0 aliphatic rings. The van der Waals surface area contributed by atoms with Crippen LogP contribution in [0.3, 0.4) is 0 Å². The minimum absolute atomic E-state index is 0.0520. The van der Waals surface area contributed by atoms with E-state index in [0.717, 1.165) is 0 Å². The maximum Gasteiger partial charge on any atom is 0.354 e. The quantitative estimate of drug-likeness (QED) is 0.768. The van der Waals surface area contributed by atoms with Crippen molar-refractivity contribution >= 4 is 5.97 Å². The zero-order valence-electron chi connectivity index (χ0n) is 7.53. The van der Waals surface area contributed by atoms with Crippen molar-refractivity contribution in [3.8, 4) is 11.4 Å². The number of carboxylic acid groups (broad SMARTS) is 1. The number of aromatic nitrogens is 4. The van der Waals surface area contributed by atoms with E-state index < -0.39 is 5.97 Å². The van der Waals surface area contributed by atoms with Crippen LogP contribution in [0, 0.1) is 0 Å². The molecule has 0 spiro atoms. The Hall–Kier alpha value is -2.37. The summed E-state index contributed by atoms with van der Waals surface area (Å²) in [4.78, 5) is 26.0. The van der Waals surface area contributed by atoms with Gasteiger partial charge in [0.2, 0.25) is 0 Å². The number of rotatable bonds is 2. The number of carbonyl (C=O) groups is 1. The Morgan fingerprint density at radius 3 is 2.67 bits per heavy atom. The minimum atomic E-state index is -1.09. The highest BCUT2D eigenvalue weighted by molar-refractivity contribution is 5.85. The molecule has 2 rings (SSSR count). The molecule has 1 N–H and O–H groups in total. The van der Waals surface area contributed by atoms with Crippen LogP contribution in [0.25, 0.3) is 11.4 Å². The van der Waals surface area contributed by atoms with Gasteiger partial charge >= 0.3 is 5.97 Å². The van der Waals surface area contributed by atoms with Crippen LogP contribution in [-0.4, -0.2) is 31.0 Å². The van der Waals surface area contributed by atoms with E-state index in [1.807, 2.05) is 0 Å². The van der Waals surface area contributed by atoms with Crippen molar-refractivity contribution in [2.24, 2.45) is 0 Å². The topological polar surface area (TPSA) is 88.9 Å². The third-order valence-electron chi connectivity index (χ3n) is 1.69. The summed E-state index contributed by atoms with van der Waals surface area (Å²) in [6.07, 6.45) is 5.81. The minimum Gasteiger partial charge on any atom is -0.477 e. The SMILES string of the molecule is O=C(O)c1ccnc(-c2cncnc2)n1. The Kier molecular flexibility index (Phi) is 2.32. The molecule has 0 saturated carbocycles. The zero-order valence-corrected chi connectivity index (χ0v) is 7.53. The van der Waals surface area contributed by atoms with Gasteiger partial charge in [-0.25, -0.2) is 24.7 Å². The highest BCUT2D eigenvalue weighted by atomic mass is 16.4.